The molecule has 0 N–H and O–H groups in total. The molecule has 1 aliphatic heterocycles. The number of nitrogens with zero attached hydrogens (tertiary/aromatic N) is 3. The summed E-state index contributed by atoms with van der Waals surface area (Å²) >= 11 is 7.15. The quantitative estimate of drug-likeness (QED) is 0.784. The molecule has 0 bridgehead atoms. The lowest BCUT2D eigenvalue weighted by Gasteiger charge is -2.32. The van der Waals surface area contributed by atoms with E-state index < -0.39 is 0 Å². The van der Waals surface area contributed by atoms with Gasteiger partial charge in [-0.15, -0.1) is 0 Å². The molecule has 0 amide bonds. The zero-order valence-corrected chi connectivity index (χ0v) is 9.81. The average molecular weight is 232 g/mol. The molecule has 0 spiro atoms. The van der Waals surface area contributed by atoms with E-state index in [1.54, 1.807) is 0 Å². The number of rotatable bonds is 2. The van der Waals surface area contributed by atoms with Gasteiger partial charge in [-0.1, -0.05) is 24.9 Å². The van der Waals surface area contributed by atoms with Crippen LogP contribution in [0.3, 0.4) is 0 Å². The van der Waals surface area contributed by atoms with Crippen molar-refractivity contribution in [1.82, 2.24) is 8.75 Å². The molecule has 1 aromatic rings. The maximum Gasteiger partial charge on any atom is 0.187 e. The van der Waals surface area contributed by atoms with E-state index >= 15 is 0 Å². The Hall–Kier alpha value is -0.350. The second kappa shape index (κ2) is 4.45. The van der Waals surface area contributed by atoms with Crippen LogP contribution in [0.1, 0.15) is 26.2 Å². The molecule has 1 aliphatic rings. The van der Waals surface area contributed by atoms with Crippen LogP contribution >= 0.6 is 23.3 Å². The Balaban J connectivity index is 2.08. The van der Waals surface area contributed by atoms with E-state index in [0.717, 1.165) is 24.8 Å². The van der Waals surface area contributed by atoms with E-state index in [-0.39, 0.29) is 0 Å². The zero-order valence-electron chi connectivity index (χ0n) is 8.24. The van der Waals surface area contributed by atoms with Crippen LogP contribution in [0.5, 0.6) is 0 Å². The Morgan fingerprint density at radius 1 is 1.57 bits per heavy atom. The summed E-state index contributed by atoms with van der Waals surface area (Å²) in [5.74, 6) is 1.68. The van der Waals surface area contributed by atoms with Crippen molar-refractivity contribution in [3.63, 3.8) is 0 Å². The molecule has 2 rings (SSSR count). The van der Waals surface area contributed by atoms with Crippen LogP contribution in [0.2, 0.25) is 5.15 Å². The number of halogens is 1. The van der Waals surface area contributed by atoms with E-state index in [0.29, 0.717) is 5.15 Å². The summed E-state index contributed by atoms with van der Waals surface area (Å²) in [4.78, 5) is 2.27. The van der Waals surface area contributed by atoms with Crippen molar-refractivity contribution in [2.75, 3.05) is 18.0 Å². The largest absolute Gasteiger partial charge is 0.353 e. The van der Waals surface area contributed by atoms with E-state index in [9.17, 15) is 0 Å². The number of hydrogen-bond donors (Lipinski definition) is 0. The summed E-state index contributed by atoms with van der Waals surface area (Å²) in [6.07, 6.45) is 3.82. The molecule has 0 radical (unpaired) electrons. The molecule has 14 heavy (non-hydrogen) atoms. The molecule has 3 nitrogen and oxygen atoms in total. The molecule has 1 unspecified atom stereocenters. The molecule has 2 heterocycles. The van der Waals surface area contributed by atoms with Gasteiger partial charge in [0, 0.05) is 13.1 Å². The number of hydrogen-bond acceptors (Lipinski definition) is 4. The van der Waals surface area contributed by atoms with E-state index in [2.05, 4.69) is 20.6 Å². The van der Waals surface area contributed by atoms with Gasteiger partial charge in [0.25, 0.3) is 0 Å². The standard InChI is InChI=1S/C9H14ClN3S/c1-2-7-4-3-5-13(6-7)9-8(10)11-14-12-9/h7H,2-6H2,1H3. The van der Waals surface area contributed by atoms with E-state index in [4.69, 9.17) is 11.6 Å². The monoisotopic (exact) mass is 231 g/mol. The molecule has 1 saturated heterocycles. The highest BCUT2D eigenvalue weighted by Gasteiger charge is 2.22. The maximum atomic E-state index is 5.96. The normalized spacial score (nSPS) is 22.7. The minimum atomic E-state index is 0.562. The summed E-state index contributed by atoms with van der Waals surface area (Å²) in [7, 11) is 0. The smallest absolute Gasteiger partial charge is 0.187 e. The third-order valence-corrected chi connectivity index (χ3v) is 3.70. The van der Waals surface area contributed by atoms with Gasteiger partial charge in [-0.25, -0.2) is 0 Å². The SMILES string of the molecule is CCC1CCCN(c2nsnc2Cl)C1. The lowest BCUT2D eigenvalue weighted by molar-refractivity contribution is 0.403. The van der Waals surface area contributed by atoms with Crippen molar-refractivity contribution in [3.8, 4) is 0 Å². The molecule has 5 heteroatoms. The highest BCUT2D eigenvalue weighted by atomic mass is 35.5. The van der Waals surface area contributed by atoms with Crippen LogP contribution in [-0.2, 0) is 0 Å². The Morgan fingerprint density at radius 2 is 2.43 bits per heavy atom. The molecule has 1 atom stereocenters. The van der Waals surface area contributed by atoms with Crippen LogP contribution in [0.4, 0.5) is 5.82 Å². The third kappa shape index (κ3) is 2.01. The average Bonchev–Trinajstić information content (AvgIpc) is 2.65. The van der Waals surface area contributed by atoms with E-state index in [1.807, 2.05) is 0 Å². The molecule has 78 valence electrons. The van der Waals surface area contributed by atoms with Gasteiger partial charge in [0.1, 0.15) is 0 Å². The van der Waals surface area contributed by atoms with Crippen LogP contribution < -0.4 is 4.90 Å². The molecule has 0 aromatic carbocycles. The van der Waals surface area contributed by atoms with Crippen molar-refractivity contribution < 1.29 is 0 Å². The fraction of sp³-hybridized carbons (Fsp3) is 0.778. The number of piperidine rings is 1. The molecular weight excluding hydrogens is 218 g/mol. The topological polar surface area (TPSA) is 29.0 Å². The maximum absolute atomic E-state index is 5.96. The highest BCUT2D eigenvalue weighted by Crippen LogP contribution is 2.28. The van der Waals surface area contributed by atoms with Crippen molar-refractivity contribution >= 4 is 29.1 Å². The van der Waals surface area contributed by atoms with Gasteiger partial charge in [0.2, 0.25) is 0 Å². The molecule has 1 fully saturated rings. The fourth-order valence-electron chi connectivity index (χ4n) is 1.95. The molecule has 0 saturated carbocycles. The summed E-state index contributed by atoms with van der Waals surface area (Å²) in [6, 6.07) is 0. The van der Waals surface area contributed by atoms with Crippen molar-refractivity contribution in [2.24, 2.45) is 5.92 Å². The first kappa shape index (κ1) is 10.2. The Labute approximate surface area is 93.4 Å². The second-order valence-electron chi connectivity index (χ2n) is 3.74. The van der Waals surface area contributed by atoms with Crippen molar-refractivity contribution in [1.29, 1.82) is 0 Å². The predicted molar refractivity (Wildman–Crippen MR) is 60.1 cm³/mol. The highest BCUT2D eigenvalue weighted by molar-refractivity contribution is 6.99. The molecule has 0 aliphatic carbocycles. The van der Waals surface area contributed by atoms with E-state index in [1.165, 1.54) is 31.0 Å². The lowest BCUT2D eigenvalue weighted by Crippen LogP contribution is -2.35. The molecular formula is C9H14ClN3S. The predicted octanol–water partition coefficient (Wildman–Crippen LogP) is 2.82. The van der Waals surface area contributed by atoms with Gasteiger partial charge in [-0.05, 0) is 18.8 Å². The Kier molecular flexibility index (Phi) is 3.23. The first-order chi connectivity index (χ1) is 6.81. The number of aromatic nitrogens is 2. The summed E-state index contributed by atoms with van der Waals surface area (Å²) < 4.78 is 8.23. The Morgan fingerprint density at radius 3 is 3.07 bits per heavy atom. The zero-order chi connectivity index (χ0) is 9.97. The summed E-state index contributed by atoms with van der Waals surface area (Å²) in [6.45, 7) is 4.40. The van der Waals surface area contributed by atoms with Crippen LogP contribution in [0.15, 0.2) is 0 Å². The minimum absolute atomic E-state index is 0.562. The van der Waals surface area contributed by atoms with Crippen LogP contribution in [0, 0.1) is 5.92 Å². The number of anilines is 1. The third-order valence-electron chi connectivity index (χ3n) is 2.83. The van der Waals surface area contributed by atoms with Crippen molar-refractivity contribution in [2.45, 2.75) is 26.2 Å². The van der Waals surface area contributed by atoms with Gasteiger partial charge in [0.15, 0.2) is 11.0 Å². The lowest BCUT2D eigenvalue weighted by atomic mass is 9.96. The van der Waals surface area contributed by atoms with Gasteiger partial charge >= 0.3 is 0 Å². The minimum Gasteiger partial charge on any atom is -0.353 e. The summed E-state index contributed by atoms with van der Waals surface area (Å²) in [5, 5.41) is 0.562. The van der Waals surface area contributed by atoms with Crippen molar-refractivity contribution in [3.05, 3.63) is 5.15 Å². The first-order valence-corrected chi connectivity index (χ1v) is 6.15. The first-order valence-electron chi connectivity index (χ1n) is 5.04. The van der Waals surface area contributed by atoms with Crippen LogP contribution in [-0.4, -0.2) is 21.8 Å². The van der Waals surface area contributed by atoms with Gasteiger partial charge in [0.05, 0.1) is 11.7 Å². The van der Waals surface area contributed by atoms with Gasteiger partial charge in [-0.2, -0.15) is 8.75 Å². The van der Waals surface area contributed by atoms with Gasteiger partial charge in [-0.3, -0.25) is 0 Å². The summed E-state index contributed by atoms with van der Waals surface area (Å²) in [5.41, 5.74) is 0. The van der Waals surface area contributed by atoms with Gasteiger partial charge < -0.3 is 4.90 Å². The fourth-order valence-corrected chi connectivity index (χ4v) is 2.73. The Bertz CT molecular complexity index is 302. The molecule has 1 aromatic heterocycles. The van der Waals surface area contributed by atoms with Crippen LogP contribution in [0.25, 0.3) is 0 Å². The second-order valence-corrected chi connectivity index (χ2v) is 4.63.